The second kappa shape index (κ2) is 5.83. The van der Waals surface area contributed by atoms with Gasteiger partial charge in [0.1, 0.15) is 12.4 Å². The predicted octanol–water partition coefficient (Wildman–Crippen LogP) is 2.59. The fourth-order valence-corrected chi connectivity index (χ4v) is 4.55. The molecule has 1 heterocycles. The first-order valence-electron chi connectivity index (χ1n) is 7.41. The number of aryl methyl sites for hydroxylation is 2. The number of anilines is 1. The van der Waals surface area contributed by atoms with E-state index < -0.39 is 16.0 Å². The molecule has 0 atom stereocenters. The van der Waals surface area contributed by atoms with Crippen LogP contribution >= 0.6 is 0 Å². The Morgan fingerprint density at radius 1 is 1.17 bits per heavy atom. The van der Waals surface area contributed by atoms with Gasteiger partial charge in [0.2, 0.25) is 0 Å². The van der Waals surface area contributed by atoms with Crippen molar-refractivity contribution < 1.29 is 23.1 Å². The van der Waals surface area contributed by atoms with E-state index in [-0.39, 0.29) is 23.6 Å². The quantitative estimate of drug-likeness (QED) is 0.922. The largest absolute Gasteiger partial charge is 0.489 e. The summed E-state index contributed by atoms with van der Waals surface area (Å²) in [5.41, 5.74) is 1.49. The van der Waals surface area contributed by atoms with Gasteiger partial charge in [-0.2, -0.15) is 0 Å². The number of fused-ring (bicyclic) bond motifs is 1. The Hall–Kier alpha value is -2.54. The number of para-hydroxylation sites is 2. The SMILES string of the molecule is Cc1cc(C)c(S(=O)(=O)N2CCOc3ccccc32)cc1C(=O)O. The lowest BCUT2D eigenvalue weighted by Gasteiger charge is -2.31. The van der Waals surface area contributed by atoms with Crippen molar-refractivity contribution in [3.05, 3.63) is 53.1 Å². The summed E-state index contributed by atoms with van der Waals surface area (Å²) in [5, 5.41) is 9.29. The maximum absolute atomic E-state index is 13.1. The molecule has 0 aliphatic carbocycles. The molecule has 2 aromatic rings. The van der Waals surface area contributed by atoms with E-state index >= 15 is 0 Å². The lowest BCUT2D eigenvalue weighted by atomic mass is 10.1. The van der Waals surface area contributed by atoms with E-state index in [2.05, 4.69) is 0 Å². The van der Waals surface area contributed by atoms with Crippen LogP contribution in [0.4, 0.5) is 5.69 Å². The Morgan fingerprint density at radius 3 is 2.58 bits per heavy atom. The highest BCUT2D eigenvalue weighted by molar-refractivity contribution is 7.92. The monoisotopic (exact) mass is 347 g/mol. The zero-order chi connectivity index (χ0) is 17.5. The molecule has 3 rings (SSSR count). The molecule has 0 radical (unpaired) electrons. The second-order valence-electron chi connectivity index (χ2n) is 5.63. The third-order valence-corrected chi connectivity index (χ3v) is 5.96. The topological polar surface area (TPSA) is 83.9 Å². The van der Waals surface area contributed by atoms with Crippen LogP contribution in [-0.2, 0) is 10.0 Å². The predicted molar refractivity (Wildman–Crippen MR) is 89.3 cm³/mol. The van der Waals surface area contributed by atoms with Crippen molar-refractivity contribution in [1.29, 1.82) is 0 Å². The maximum atomic E-state index is 13.1. The highest BCUT2D eigenvalue weighted by Crippen LogP contribution is 2.36. The summed E-state index contributed by atoms with van der Waals surface area (Å²) in [6.45, 7) is 3.73. The number of sulfonamides is 1. The molecule has 1 N–H and O–H groups in total. The third kappa shape index (κ3) is 2.60. The Morgan fingerprint density at radius 2 is 1.88 bits per heavy atom. The Balaban J connectivity index is 2.16. The summed E-state index contributed by atoms with van der Waals surface area (Å²) < 4.78 is 33.0. The first-order chi connectivity index (χ1) is 11.3. The molecule has 6 nitrogen and oxygen atoms in total. The molecule has 0 saturated heterocycles. The number of nitrogens with zero attached hydrogens (tertiary/aromatic N) is 1. The molecule has 24 heavy (non-hydrogen) atoms. The molecular weight excluding hydrogens is 330 g/mol. The zero-order valence-corrected chi connectivity index (χ0v) is 14.1. The summed E-state index contributed by atoms with van der Waals surface area (Å²) in [6, 6.07) is 9.72. The number of carbonyl (C=O) groups is 1. The van der Waals surface area contributed by atoms with E-state index in [1.165, 1.54) is 10.4 Å². The van der Waals surface area contributed by atoms with Gasteiger partial charge in [-0.25, -0.2) is 13.2 Å². The van der Waals surface area contributed by atoms with Gasteiger partial charge in [0.05, 0.1) is 22.7 Å². The minimum absolute atomic E-state index is 0.00204. The van der Waals surface area contributed by atoms with Crippen molar-refractivity contribution in [3.63, 3.8) is 0 Å². The molecule has 0 spiro atoms. The standard InChI is InChI=1S/C17H17NO5S/c1-11-9-12(2)16(10-13(11)17(19)20)24(21,22)18-7-8-23-15-6-4-3-5-14(15)18/h3-6,9-10H,7-8H2,1-2H3,(H,19,20). The van der Waals surface area contributed by atoms with Crippen molar-refractivity contribution in [2.45, 2.75) is 18.7 Å². The minimum atomic E-state index is -3.89. The molecule has 7 heteroatoms. The van der Waals surface area contributed by atoms with Crippen molar-refractivity contribution in [3.8, 4) is 5.75 Å². The van der Waals surface area contributed by atoms with Gasteiger partial charge in [0.15, 0.2) is 0 Å². The van der Waals surface area contributed by atoms with Crippen molar-refractivity contribution in [1.82, 2.24) is 0 Å². The lowest BCUT2D eigenvalue weighted by Crippen LogP contribution is -2.38. The molecule has 1 aliphatic rings. The molecule has 0 saturated carbocycles. The molecule has 0 fully saturated rings. The summed E-state index contributed by atoms with van der Waals surface area (Å²) in [5.74, 6) is -0.651. The molecule has 2 aromatic carbocycles. The van der Waals surface area contributed by atoms with Gasteiger partial charge >= 0.3 is 5.97 Å². The second-order valence-corrected chi connectivity index (χ2v) is 7.46. The van der Waals surface area contributed by atoms with Crippen LogP contribution in [0.15, 0.2) is 41.3 Å². The van der Waals surface area contributed by atoms with Gasteiger partial charge in [0.25, 0.3) is 10.0 Å². The zero-order valence-electron chi connectivity index (χ0n) is 13.3. The van der Waals surface area contributed by atoms with E-state index in [4.69, 9.17) is 4.74 Å². The average molecular weight is 347 g/mol. The van der Waals surface area contributed by atoms with E-state index in [9.17, 15) is 18.3 Å². The summed E-state index contributed by atoms with van der Waals surface area (Å²) in [4.78, 5) is 11.4. The molecule has 0 amide bonds. The Labute approximate surface area is 140 Å². The number of rotatable bonds is 3. The minimum Gasteiger partial charge on any atom is -0.489 e. The van der Waals surface area contributed by atoms with Gasteiger partial charge in [-0.05, 0) is 43.2 Å². The Kier molecular flexibility index (Phi) is 3.96. The first-order valence-corrected chi connectivity index (χ1v) is 8.85. The van der Waals surface area contributed by atoms with E-state index in [0.29, 0.717) is 22.6 Å². The van der Waals surface area contributed by atoms with Crippen LogP contribution in [-0.4, -0.2) is 32.6 Å². The average Bonchev–Trinajstić information content (AvgIpc) is 2.53. The number of hydrogen-bond donors (Lipinski definition) is 1. The fourth-order valence-electron chi connectivity index (χ4n) is 2.85. The Bertz CT molecular complexity index is 921. The van der Waals surface area contributed by atoms with E-state index in [1.54, 1.807) is 44.2 Å². The highest BCUT2D eigenvalue weighted by atomic mass is 32.2. The maximum Gasteiger partial charge on any atom is 0.335 e. The normalized spacial score (nSPS) is 14.0. The van der Waals surface area contributed by atoms with Gasteiger partial charge < -0.3 is 9.84 Å². The number of carboxylic acids is 1. The molecule has 0 unspecified atom stereocenters. The number of aromatic carboxylic acids is 1. The van der Waals surface area contributed by atoms with Crippen LogP contribution in [0.1, 0.15) is 21.5 Å². The molecule has 0 aromatic heterocycles. The smallest absolute Gasteiger partial charge is 0.335 e. The van der Waals surface area contributed by atoms with Crippen LogP contribution in [0.5, 0.6) is 5.75 Å². The number of benzene rings is 2. The summed E-state index contributed by atoms with van der Waals surface area (Å²) in [6.07, 6.45) is 0. The van der Waals surface area contributed by atoms with Crippen molar-refractivity contribution in [2.75, 3.05) is 17.5 Å². The third-order valence-electron chi connectivity index (χ3n) is 4.01. The molecule has 126 valence electrons. The van der Waals surface area contributed by atoms with Gasteiger partial charge in [0, 0.05) is 0 Å². The van der Waals surface area contributed by atoms with Crippen LogP contribution in [0.2, 0.25) is 0 Å². The summed E-state index contributed by atoms with van der Waals surface area (Å²) >= 11 is 0. The van der Waals surface area contributed by atoms with Crippen molar-refractivity contribution in [2.24, 2.45) is 0 Å². The first kappa shape index (κ1) is 16.3. The lowest BCUT2D eigenvalue weighted by molar-refractivity contribution is 0.0696. The van der Waals surface area contributed by atoms with Crippen LogP contribution in [0, 0.1) is 13.8 Å². The summed E-state index contributed by atoms with van der Waals surface area (Å²) in [7, 11) is -3.89. The number of carboxylic acid groups (broad SMARTS) is 1. The van der Waals surface area contributed by atoms with Gasteiger partial charge in [-0.15, -0.1) is 0 Å². The molecular formula is C17H17NO5S. The molecule has 0 bridgehead atoms. The van der Waals surface area contributed by atoms with E-state index in [1.807, 2.05) is 0 Å². The van der Waals surface area contributed by atoms with Gasteiger partial charge in [-0.3, -0.25) is 4.31 Å². The number of ether oxygens (including phenoxy) is 1. The highest BCUT2D eigenvalue weighted by Gasteiger charge is 2.31. The number of hydrogen-bond acceptors (Lipinski definition) is 4. The van der Waals surface area contributed by atoms with E-state index in [0.717, 1.165) is 0 Å². The van der Waals surface area contributed by atoms with Crippen LogP contribution < -0.4 is 9.04 Å². The van der Waals surface area contributed by atoms with Crippen LogP contribution in [0.3, 0.4) is 0 Å². The van der Waals surface area contributed by atoms with Crippen molar-refractivity contribution >= 4 is 21.7 Å². The molecule has 1 aliphatic heterocycles. The van der Waals surface area contributed by atoms with Crippen LogP contribution in [0.25, 0.3) is 0 Å². The fraction of sp³-hybridized carbons (Fsp3) is 0.235. The van der Waals surface area contributed by atoms with Gasteiger partial charge in [-0.1, -0.05) is 18.2 Å².